The summed E-state index contributed by atoms with van der Waals surface area (Å²) in [6, 6.07) is 1.83. The van der Waals surface area contributed by atoms with Gasteiger partial charge in [0.1, 0.15) is 9.45 Å². The van der Waals surface area contributed by atoms with E-state index in [9.17, 15) is 5.11 Å². The predicted octanol–water partition coefficient (Wildman–Crippen LogP) is 1.87. The number of fused-ring (bicyclic) bond motifs is 1. The number of aromatic hydroxyl groups is 1. The summed E-state index contributed by atoms with van der Waals surface area (Å²) in [6.07, 6.45) is 3.27. The molecule has 2 N–H and O–H groups in total. The van der Waals surface area contributed by atoms with E-state index in [0.29, 0.717) is 0 Å². The van der Waals surface area contributed by atoms with Gasteiger partial charge >= 0.3 is 0 Å². The maximum absolute atomic E-state index is 9.32. The number of hydrogen-bond acceptors (Lipinski definition) is 2. The van der Waals surface area contributed by atoms with Gasteiger partial charge in [-0.3, -0.25) is 0 Å². The molecular formula is C7H5IN2O. The average Bonchev–Trinajstić information content (AvgIpc) is 2.34. The zero-order valence-electron chi connectivity index (χ0n) is 5.50. The van der Waals surface area contributed by atoms with Gasteiger partial charge in [-0.25, -0.2) is 4.98 Å². The molecule has 11 heavy (non-hydrogen) atoms. The summed E-state index contributed by atoms with van der Waals surface area (Å²) in [4.78, 5) is 6.98. The standard InChI is InChI=1S/C7H5IN2O/c8-7-6-4(1-2-9-7)10-3-5(6)11/h1-3,10-11H. The van der Waals surface area contributed by atoms with Crippen LogP contribution in [-0.2, 0) is 0 Å². The number of pyridine rings is 1. The van der Waals surface area contributed by atoms with Crippen molar-refractivity contribution >= 4 is 33.5 Å². The maximum atomic E-state index is 9.32. The third kappa shape index (κ3) is 0.973. The molecule has 0 unspecified atom stereocenters. The van der Waals surface area contributed by atoms with Crippen LogP contribution in [-0.4, -0.2) is 15.1 Å². The van der Waals surface area contributed by atoms with Gasteiger partial charge in [-0.15, -0.1) is 0 Å². The second-order valence-corrected chi connectivity index (χ2v) is 3.22. The minimum atomic E-state index is 0.262. The molecule has 4 heteroatoms. The Labute approximate surface area is 76.6 Å². The Hall–Kier alpha value is -0.780. The summed E-state index contributed by atoms with van der Waals surface area (Å²) < 4.78 is 0.818. The molecule has 2 aromatic heterocycles. The Morgan fingerprint density at radius 3 is 3.09 bits per heavy atom. The topological polar surface area (TPSA) is 48.9 Å². The van der Waals surface area contributed by atoms with Gasteiger partial charge in [0.05, 0.1) is 10.9 Å². The van der Waals surface area contributed by atoms with Crippen molar-refractivity contribution in [1.29, 1.82) is 0 Å². The molecule has 2 aromatic rings. The molecule has 0 aliphatic rings. The van der Waals surface area contributed by atoms with E-state index in [2.05, 4.69) is 32.6 Å². The first kappa shape index (κ1) is 6.90. The molecule has 0 atom stereocenters. The highest BCUT2D eigenvalue weighted by Crippen LogP contribution is 2.26. The van der Waals surface area contributed by atoms with Crippen molar-refractivity contribution in [2.75, 3.05) is 0 Å². The fourth-order valence-electron chi connectivity index (χ4n) is 1.02. The fourth-order valence-corrected chi connectivity index (χ4v) is 1.75. The smallest absolute Gasteiger partial charge is 0.143 e. The number of nitrogens with zero attached hydrogens (tertiary/aromatic N) is 1. The van der Waals surface area contributed by atoms with Crippen LogP contribution in [0.25, 0.3) is 10.9 Å². The molecule has 0 radical (unpaired) electrons. The van der Waals surface area contributed by atoms with Gasteiger partial charge in [-0.05, 0) is 28.7 Å². The molecule has 0 saturated heterocycles. The second-order valence-electron chi connectivity index (χ2n) is 2.20. The number of aromatic nitrogens is 2. The number of hydrogen-bond donors (Lipinski definition) is 2. The molecule has 0 aliphatic heterocycles. The molecule has 0 aromatic carbocycles. The van der Waals surface area contributed by atoms with E-state index in [1.807, 2.05) is 6.07 Å². The monoisotopic (exact) mass is 260 g/mol. The lowest BCUT2D eigenvalue weighted by molar-refractivity contribution is 0.481. The van der Waals surface area contributed by atoms with E-state index >= 15 is 0 Å². The van der Waals surface area contributed by atoms with Crippen LogP contribution < -0.4 is 0 Å². The Balaban J connectivity index is 2.96. The summed E-state index contributed by atoms with van der Waals surface area (Å²) in [5.41, 5.74) is 0.918. The second kappa shape index (κ2) is 2.37. The number of aromatic amines is 1. The molecule has 3 nitrogen and oxygen atoms in total. The molecule has 0 amide bonds. The SMILES string of the molecule is Oc1c[nH]c2ccnc(I)c12. The number of H-pyrrole nitrogens is 1. The maximum Gasteiger partial charge on any atom is 0.143 e. The first-order chi connectivity index (χ1) is 5.29. The molecule has 0 spiro atoms. The minimum Gasteiger partial charge on any atom is -0.506 e. The summed E-state index contributed by atoms with van der Waals surface area (Å²) in [5.74, 6) is 0.262. The van der Waals surface area contributed by atoms with Crippen molar-refractivity contribution in [3.8, 4) is 5.75 Å². The van der Waals surface area contributed by atoms with Gasteiger partial charge in [0.25, 0.3) is 0 Å². The molecule has 0 bridgehead atoms. The summed E-state index contributed by atoms with van der Waals surface area (Å²) in [5, 5.41) is 10.1. The molecule has 0 saturated carbocycles. The lowest BCUT2D eigenvalue weighted by Crippen LogP contribution is -1.78. The largest absolute Gasteiger partial charge is 0.506 e. The van der Waals surface area contributed by atoms with E-state index in [4.69, 9.17) is 0 Å². The van der Waals surface area contributed by atoms with Crippen LogP contribution in [0.5, 0.6) is 5.75 Å². The zero-order valence-corrected chi connectivity index (χ0v) is 7.66. The fraction of sp³-hybridized carbons (Fsp3) is 0. The van der Waals surface area contributed by atoms with Crippen LogP contribution in [0.1, 0.15) is 0 Å². The third-order valence-corrected chi connectivity index (χ3v) is 2.34. The predicted molar refractivity (Wildman–Crippen MR) is 50.5 cm³/mol. The van der Waals surface area contributed by atoms with Gasteiger partial charge in [-0.1, -0.05) is 0 Å². The van der Waals surface area contributed by atoms with E-state index < -0.39 is 0 Å². The van der Waals surface area contributed by atoms with Gasteiger partial charge < -0.3 is 10.1 Å². The Kier molecular flexibility index (Phi) is 1.49. The normalized spacial score (nSPS) is 10.6. The van der Waals surface area contributed by atoms with E-state index in [0.717, 1.165) is 14.6 Å². The van der Waals surface area contributed by atoms with Crippen molar-refractivity contribution in [1.82, 2.24) is 9.97 Å². The van der Waals surface area contributed by atoms with Crippen molar-refractivity contribution in [3.05, 3.63) is 22.2 Å². The lowest BCUT2D eigenvalue weighted by Gasteiger charge is -1.91. The Morgan fingerprint density at radius 2 is 2.36 bits per heavy atom. The quantitative estimate of drug-likeness (QED) is 0.561. The van der Waals surface area contributed by atoms with E-state index in [-0.39, 0.29) is 5.75 Å². The van der Waals surface area contributed by atoms with Gasteiger partial charge in [0, 0.05) is 12.4 Å². The number of halogens is 1. The van der Waals surface area contributed by atoms with E-state index in [1.165, 1.54) is 0 Å². The summed E-state index contributed by atoms with van der Waals surface area (Å²) in [7, 11) is 0. The zero-order chi connectivity index (χ0) is 7.84. The Morgan fingerprint density at radius 1 is 1.55 bits per heavy atom. The molecule has 56 valence electrons. The number of rotatable bonds is 0. The average molecular weight is 260 g/mol. The highest BCUT2D eigenvalue weighted by molar-refractivity contribution is 14.1. The number of nitrogens with one attached hydrogen (secondary N) is 1. The van der Waals surface area contributed by atoms with Crippen molar-refractivity contribution < 1.29 is 5.11 Å². The lowest BCUT2D eigenvalue weighted by atomic mass is 10.3. The summed E-state index contributed by atoms with van der Waals surface area (Å²) in [6.45, 7) is 0. The molecule has 2 rings (SSSR count). The first-order valence-electron chi connectivity index (χ1n) is 3.09. The van der Waals surface area contributed by atoms with Crippen LogP contribution in [0.4, 0.5) is 0 Å². The minimum absolute atomic E-state index is 0.262. The summed E-state index contributed by atoms with van der Waals surface area (Å²) >= 11 is 2.09. The first-order valence-corrected chi connectivity index (χ1v) is 4.17. The van der Waals surface area contributed by atoms with Crippen LogP contribution >= 0.6 is 22.6 Å². The van der Waals surface area contributed by atoms with Gasteiger partial charge in [0.15, 0.2) is 0 Å². The van der Waals surface area contributed by atoms with Gasteiger partial charge in [-0.2, -0.15) is 0 Å². The Bertz CT molecular complexity index is 396. The van der Waals surface area contributed by atoms with Crippen molar-refractivity contribution in [3.63, 3.8) is 0 Å². The van der Waals surface area contributed by atoms with Crippen LogP contribution in [0, 0.1) is 3.70 Å². The van der Waals surface area contributed by atoms with E-state index in [1.54, 1.807) is 12.4 Å². The van der Waals surface area contributed by atoms with Crippen molar-refractivity contribution in [2.24, 2.45) is 0 Å². The molecule has 2 heterocycles. The van der Waals surface area contributed by atoms with Crippen LogP contribution in [0.3, 0.4) is 0 Å². The highest BCUT2D eigenvalue weighted by atomic mass is 127. The highest BCUT2D eigenvalue weighted by Gasteiger charge is 2.04. The molecular weight excluding hydrogens is 255 g/mol. The van der Waals surface area contributed by atoms with Gasteiger partial charge in [0.2, 0.25) is 0 Å². The third-order valence-electron chi connectivity index (χ3n) is 1.53. The molecule has 0 fully saturated rings. The molecule has 0 aliphatic carbocycles. The van der Waals surface area contributed by atoms with Crippen LogP contribution in [0.15, 0.2) is 18.5 Å². The van der Waals surface area contributed by atoms with Crippen LogP contribution in [0.2, 0.25) is 0 Å². The van der Waals surface area contributed by atoms with Crippen molar-refractivity contribution in [2.45, 2.75) is 0 Å².